The summed E-state index contributed by atoms with van der Waals surface area (Å²) in [5.74, 6) is 2.06. The lowest BCUT2D eigenvalue weighted by atomic mass is 10.0. The van der Waals surface area contributed by atoms with E-state index < -0.39 is 0 Å². The number of amides is 1. The molecule has 3 aromatic rings. The van der Waals surface area contributed by atoms with Gasteiger partial charge in [0.2, 0.25) is 5.89 Å². The highest BCUT2D eigenvalue weighted by molar-refractivity contribution is 7.98. The number of carbonyl (C=O) groups is 1. The van der Waals surface area contributed by atoms with Crippen molar-refractivity contribution in [2.75, 3.05) is 11.9 Å². The second-order valence-electron chi connectivity index (χ2n) is 6.63. The molecular formula is C21H23N3O2S. The summed E-state index contributed by atoms with van der Waals surface area (Å²) in [6.45, 7) is 6.08. The molecule has 0 saturated carbocycles. The SMILES string of the molecule is Cc1noc(CSc2ccccc2C(=O)N(C)c2cccc(C(C)C)c2)n1. The van der Waals surface area contributed by atoms with Gasteiger partial charge in [0.05, 0.1) is 11.3 Å². The van der Waals surface area contributed by atoms with Gasteiger partial charge in [-0.3, -0.25) is 4.79 Å². The summed E-state index contributed by atoms with van der Waals surface area (Å²) in [5, 5.41) is 3.80. The minimum Gasteiger partial charge on any atom is -0.338 e. The lowest BCUT2D eigenvalue weighted by Gasteiger charge is -2.20. The van der Waals surface area contributed by atoms with Crippen LogP contribution in [-0.2, 0) is 5.75 Å². The number of thioether (sulfide) groups is 1. The van der Waals surface area contributed by atoms with Crippen LogP contribution in [0, 0.1) is 6.92 Å². The molecule has 0 unspecified atom stereocenters. The Kier molecular flexibility index (Phi) is 5.96. The second kappa shape index (κ2) is 8.39. The van der Waals surface area contributed by atoms with Gasteiger partial charge in [-0.15, -0.1) is 11.8 Å². The molecule has 0 spiro atoms. The molecule has 27 heavy (non-hydrogen) atoms. The van der Waals surface area contributed by atoms with Crippen molar-refractivity contribution in [3.63, 3.8) is 0 Å². The maximum absolute atomic E-state index is 13.1. The van der Waals surface area contributed by atoms with Gasteiger partial charge in [-0.2, -0.15) is 4.98 Å². The van der Waals surface area contributed by atoms with Gasteiger partial charge in [-0.25, -0.2) is 0 Å². The first-order valence-corrected chi connectivity index (χ1v) is 9.83. The van der Waals surface area contributed by atoms with Gasteiger partial charge in [-0.1, -0.05) is 43.3 Å². The standard InChI is InChI=1S/C21H23N3O2S/c1-14(2)16-8-7-9-17(12-16)24(4)21(25)18-10-5-6-11-19(18)27-13-20-22-15(3)23-26-20/h5-12,14H,13H2,1-4H3. The maximum atomic E-state index is 13.1. The fourth-order valence-corrected chi connectivity index (χ4v) is 3.58. The highest BCUT2D eigenvalue weighted by atomic mass is 32.2. The van der Waals surface area contributed by atoms with Crippen molar-refractivity contribution in [2.45, 2.75) is 37.3 Å². The number of aromatic nitrogens is 2. The average Bonchev–Trinajstić information content (AvgIpc) is 3.10. The monoisotopic (exact) mass is 381 g/mol. The molecule has 0 bridgehead atoms. The Morgan fingerprint density at radius 2 is 1.96 bits per heavy atom. The van der Waals surface area contributed by atoms with Crippen molar-refractivity contribution in [1.82, 2.24) is 10.1 Å². The van der Waals surface area contributed by atoms with Crippen molar-refractivity contribution in [3.05, 3.63) is 71.4 Å². The summed E-state index contributed by atoms with van der Waals surface area (Å²) in [4.78, 5) is 19.9. The fourth-order valence-electron chi connectivity index (χ4n) is 2.70. The number of anilines is 1. The number of nitrogens with zero attached hydrogens (tertiary/aromatic N) is 3. The zero-order valence-corrected chi connectivity index (χ0v) is 16.8. The van der Waals surface area contributed by atoms with Gasteiger partial charge in [0.25, 0.3) is 5.91 Å². The van der Waals surface area contributed by atoms with Crippen molar-refractivity contribution >= 4 is 23.4 Å². The van der Waals surface area contributed by atoms with Gasteiger partial charge < -0.3 is 9.42 Å². The molecule has 0 aliphatic heterocycles. The molecule has 0 fully saturated rings. The van der Waals surface area contributed by atoms with Crippen LogP contribution >= 0.6 is 11.8 Å². The Morgan fingerprint density at radius 3 is 2.67 bits per heavy atom. The molecule has 2 aromatic carbocycles. The lowest BCUT2D eigenvalue weighted by Crippen LogP contribution is -2.26. The molecule has 0 aliphatic carbocycles. The first-order chi connectivity index (χ1) is 13.0. The van der Waals surface area contributed by atoms with Crippen LogP contribution in [0.3, 0.4) is 0 Å². The minimum atomic E-state index is -0.0410. The van der Waals surface area contributed by atoms with E-state index in [1.807, 2.05) is 43.4 Å². The molecule has 0 saturated heterocycles. The Bertz CT molecular complexity index is 936. The summed E-state index contributed by atoms with van der Waals surface area (Å²) in [5.41, 5.74) is 2.76. The minimum absolute atomic E-state index is 0.0410. The predicted octanol–water partition coefficient (Wildman–Crippen LogP) is 5.07. The van der Waals surface area contributed by atoms with Crippen LogP contribution in [0.25, 0.3) is 0 Å². The van der Waals surface area contributed by atoms with Crippen LogP contribution in [0.1, 0.15) is 47.4 Å². The average molecular weight is 382 g/mol. The molecule has 0 radical (unpaired) electrons. The third kappa shape index (κ3) is 4.57. The first kappa shape index (κ1) is 19.2. The molecule has 0 aliphatic rings. The van der Waals surface area contributed by atoms with Gasteiger partial charge >= 0.3 is 0 Å². The number of aryl methyl sites for hydroxylation is 1. The maximum Gasteiger partial charge on any atom is 0.259 e. The molecule has 1 aromatic heterocycles. The summed E-state index contributed by atoms with van der Waals surface area (Å²) < 4.78 is 5.16. The highest BCUT2D eigenvalue weighted by Gasteiger charge is 2.18. The Labute approximate surface area is 163 Å². The second-order valence-corrected chi connectivity index (χ2v) is 7.65. The van der Waals surface area contributed by atoms with Gasteiger partial charge in [0, 0.05) is 17.6 Å². The highest BCUT2D eigenvalue weighted by Crippen LogP contribution is 2.28. The van der Waals surface area contributed by atoms with E-state index in [1.165, 1.54) is 17.3 Å². The van der Waals surface area contributed by atoms with E-state index >= 15 is 0 Å². The third-order valence-corrected chi connectivity index (χ3v) is 5.33. The smallest absolute Gasteiger partial charge is 0.259 e. The number of carbonyl (C=O) groups excluding carboxylic acids is 1. The van der Waals surface area contributed by atoms with Crippen LogP contribution in [0.2, 0.25) is 0 Å². The summed E-state index contributed by atoms with van der Waals surface area (Å²) in [6, 6.07) is 15.7. The largest absolute Gasteiger partial charge is 0.338 e. The first-order valence-electron chi connectivity index (χ1n) is 8.84. The molecular weight excluding hydrogens is 358 g/mol. The summed E-state index contributed by atoms with van der Waals surface area (Å²) in [6.07, 6.45) is 0. The van der Waals surface area contributed by atoms with Crippen molar-refractivity contribution in [1.29, 1.82) is 0 Å². The number of hydrogen-bond acceptors (Lipinski definition) is 5. The molecule has 0 N–H and O–H groups in total. The fraction of sp³-hybridized carbons (Fsp3) is 0.286. The van der Waals surface area contributed by atoms with Gasteiger partial charge in [0.15, 0.2) is 5.82 Å². The molecule has 6 heteroatoms. The summed E-state index contributed by atoms with van der Waals surface area (Å²) in [7, 11) is 1.81. The van der Waals surface area contributed by atoms with Crippen LogP contribution in [0.4, 0.5) is 5.69 Å². The van der Waals surface area contributed by atoms with Crippen LogP contribution < -0.4 is 4.90 Å². The molecule has 1 heterocycles. The number of hydrogen-bond donors (Lipinski definition) is 0. The van der Waals surface area contributed by atoms with Crippen molar-refractivity contribution in [3.8, 4) is 0 Å². The van der Waals surface area contributed by atoms with Crippen molar-refractivity contribution < 1.29 is 9.32 Å². The molecule has 0 atom stereocenters. The van der Waals surface area contributed by atoms with E-state index in [9.17, 15) is 4.79 Å². The quantitative estimate of drug-likeness (QED) is 0.558. The number of rotatable bonds is 6. The molecule has 140 valence electrons. The van der Waals surface area contributed by atoms with E-state index in [0.717, 1.165) is 10.6 Å². The van der Waals surface area contributed by atoms with Crippen LogP contribution in [0.15, 0.2) is 57.9 Å². The topological polar surface area (TPSA) is 59.2 Å². The van der Waals surface area contributed by atoms with E-state index in [1.54, 1.807) is 11.8 Å². The van der Waals surface area contributed by atoms with Crippen LogP contribution in [0.5, 0.6) is 0 Å². The number of benzene rings is 2. The van der Waals surface area contributed by atoms with E-state index in [4.69, 9.17) is 4.52 Å². The predicted molar refractivity (Wildman–Crippen MR) is 108 cm³/mol. The molecule has 5 nitrogen and oxygen atoms in total. The zero-order valence-electron chi connectivity index (χ0n) is 16.0. The van der Waals surface area contributed by atoms with E-state index in [-0.39, 0.29) is 5.91 Å². The Morgan fingerprint density at radius 1 is 1.19 bits per heavy atom. The lowest BCUT2D eigenvalue weighted by molar-refractivity contribution is 0.0990. The van der Waals surface area contributed by atoms with Gasteiger partial charge in [-0.05, 0) is 42.7 Å². The Hall–Kier alpha value is -2.60. The normalized spacial score (nSPS) is 11.0. The Balaban J connectivity index is 1.81. The summed E-state index contributed by atoms with van der Waals surface area (Å²) >= 11 is 1.52. The van der Waals surface area contributed by atoms with Crippen molar-refractivity contribution in [2.24, 2.45) is 0 Å². The van der Waals surface area contributed by atoms with Crippen LogP contribution in [-0.4, -0.2) is 23.1 Å². The molecule has 3 rings (SSSR count). The van der Waals surface area contributed by atoms with E-state index in [2.05, 4.69) is 36.1 Å². The third-order valence-electron chi connectivity index (χ3n) is 4.27. The van der Waals surface area contributed by atoms with Gasteiger partial charge in [0.1, 0.15) is 0 Å². The van der Waals surface area contributed by atoms with E-state index in [0.29, 0.717) is 28.9 Å². The zero-order chi connectivity index (χ0) is 19.4. The molecule has 1 amide bonds.